The molecule has 0 aromatic carbocycles. The minimum absolute atomic E-state index is 0.100. The van der Waals surface area contributed by atoms with Gasteiger partial charge in [0.15, 0.2) is 5.78 Å². The van der Waals surface area contributed by atoms with E-state index in [1.807, 2.05) is 26.0 Å². The number of nitrogens with zero attached hydrogens (tertiary/aromatic N) is 1. The summed E-state index contributed by atoms with van der Waals surface area (Å²) in [7, 11) is 0. The molecule has 0 bridgehead atoms. The number of rotatable bonds is 5. The zero-order chi connectivity index (χ0) is 10.4. The Kier molecular flexibility index (Phi) is 4.26. The third kappa shape index (κ3) is 2.92. The number of nitrogens with one attached hydrogen (secondary N) is 1. The fourth-order valence-corrected chi connectivity index (χ4v) is 1.17. The van der Waals surface area contributed by atoms with Crippen LogP contribution < -0.4 is 5.32 Å². The Morgan fingerprint density at radius 3 is 2.86 bits per heavy atom. The zero-order valence-electron chi connectivity index (χ0n) is 8.71. The molecule has 0 aliphatic rings. The molecule has 14 heavy (non-hydrogen) atoms. The monoisotopic (exact) mass is 192 g/mol. The van der Waals surface area contributed by atoms with E-state index in [9.17, 15) is 4.79 Å². The molecule has 0 fully saturated rings. The fraction of sp³-hybridized carbons (Fsp3) is 0.455. The van der Waals surface area contributed by atoms with Crippen molar-refractivity contribution in [1.82, 2.24) is 10.3 Å². The van der Waals surface area contributed by atoms with Crippen molar-refractivity contribution >= 4 is 5.78 Å². The van der Waals surface area contributed by atoms with E-state index in [4.69, 9.17) is 0 Å². The molecular formula is C11H16N2O. The van der Waals surface area contributed by atoms with Crippen LogP contribution in [0.25, 0.3) is 0 Å². The lowest BCUT2D eigenvalue weighted by Gasteiger charge is -2.03. The van der Waals surface area contributed by atoms with Crippen LogP contribution >= 0.6 is 0 Å². The molecule has 1 N–H and O–H groups in total. The van der Waals surface area contributed by atoms with E-state index in [-0.39, 0.29) is 5.78 Å². The van der Waals surface area contributed by atoms with Gasteiger partial charge in [0.1, 0.15) is 5.69 Å². The minimum atomic E-state index is 0.100. The fourth-order valence-electron chi connectivity index (χ4n) is 1.17. The number of carbonyl (C=O) groups excluding carboxylic acids is 1. The van der Waals surface area contributed by atoms with Crippen LogP contribution in [0.1, 0.15) is 36.5 Å². The second kappa shape index (κ2) is 5.50. The predicted molar refractivity (Wildman–Crippen MR) is 56.2 cm³/mol. The van der Waals surface area contributed by atoms with Gasteiger partial charge in [-0.05, 0) is 18.7 Å². The van der Waals surface area contributed by atoms with Crippen molar-refractivity contribution in [3.05, 3.63) is 29.6 Å². The number of ketones is 1. The molecule has 76 valence electrons. The van der Waals surface area contributed by atoms with Gasteiger partial charge in [0.2, 0.25) is 0 Å². The third-order valence-electron chi connectivity index (χ3n) is 1.97. The van der Waals surface area contributed by atoms with Gasteiger partial charge in [0, 0.05) is 13.0 Å². The van der Waals surface area contributed by atoms with Crippen molar-refractivity contribution in [1.29, 1.82) is 0 Å². The summed E-state index contributed by atoms with van der Waals surface area (Å²) in [5, 5.41) is 3.17. The van der Waals surface area contributed by atoms with Crippen molar-refractivity contribution in [2.45, 2.75) is 26.8 Å². The highest BCUT2D eigenvalue weighted by Gasteiger charge is 2.04. The van der Waals surface area contributed by atoms with E-state index in [2.05, 4.69) is 10.3 Å². The van der Waals surface area contributed by atoms with Gasteiger partial charge >= 0.3 is 0 Å². The number of hydrogen-bond donors (Lipinski definition) is 1. The van der Waals surface area contributed by atoms with Gasteiger partial charge < -0.3 is 5.32 Å². The standard InChI is InChI=1S/C11H16N2O/c1-3-11(14)10-7-5-6-9(13-10)8-12-4-2/h5-7,12H,3-4,8H2,1-2H3. The van der Waals surface area contributed by atoms with Gasteiger partial charge in [-0.25, -0.2) is 4.98 Å². The summed E-state index contributed by atoms with van der Waals surface area (Å²) in [6, 6.07) is 5.57. The minimum Gasteiger partial charge on any atom is -0.311 e. The summed E-state index contributed by atoms with van der Waals surface area (Å²) >= 11 is 0. The molecule has 0 spiro atoms. The van der Waals surface area contributed by atoms with Crippen LogP contribution in [0.2, 0.25) is 0 Å². The molecule has 0 atom stereocenters. The predicted octanol–water partition coefficient (Wildman–Crippen LogP) is 1.78. The third-order valence-corrected chi connectivity index (χ3v) is 1.97. The molecule has 1 aromatic rings. The van der Waals surface area contributed by atoms with Gasteiger partial charge in [0.25, 0.3) is 0 Å². The first-order chi connectivity index (χ1) is 6.77. The Morgan fingerprint density at radius 2 is 2.21 bits per heavy atom. The second-order valence-electron chi connectivity index (χ2n) is 3.07. The van der Waals surface area contributed by atoms with Crippen molar-refractivity contribution in [2.24, 2.45) is 0 Å². The first kappa shape index (κ1) is 10.9. The maximum absolute atomic E-state index is 11.4. The molecule has 0 aliphatic heterocycles. The quantitative estimate of drug-likeness (QED) is 0.723. The Labute approximate surface area is 84.6 Å². The SMILES string of the molecule is CCNCc1cccc(C(=O)CC)n1. The van der Waals surface area contributed by atoms with Gasteiger partial charge in [0.05, 0.1) is 5.69 Å². The highest BCUT2D eigenvalue weighted by molar-refractivity contribution is 5.93. The summed E-state index contributed by atoms with van der Waals surface area (Å²) in [6.07, 6.45) is 0.512. The van der Waals surface area contributed by atoms with Crippen molar-refractivity contribution in [2.75, 3.05) is 6.54 Å². The normalized spacial score (nSPS) is 10.1. The number of hydrogen-bond acceptors (Lipinski definition) is 3. The van der Waals surface area contributed by atoms with Crippen molar-refractivity contribution < 1.29 is 4.79 Å². The average Bonchev–Trinajstić information content (AvgIpc) is 2.25. The maximum Gasteiger partial charge on any atom is 0.180 e. The molecule has 0 amide bonds. The zero-order valence-corrected chi connectivity index (χ0v) is 8.71. The number of aromatic nitrogens is 1. The molecule has 3 nitrogen and oxygen atoms in total. The summed E-state index contributed by atoms with van der Waals surface area (Å²) < 4.78 is 0. The lowest BCUT2D eigenvalue weighted by molar-refractivity contribution is 0.0983. The molecule has 1 heterocycles. The van der Waals surface area contributed by atoms with Gasteiger partial charge in [-0.3, -0.25) is 4.79 Å². The summed E-state index contributed by atoms with van der Waals surface area (Å²) in [5.74, 6) is 0.100. The number of pyridine rings is 1. The molecule has 0 radical (unpaired) electrons. The first-order valence-corrected chi connectivity index (χ1v) is 4.97. The molecule has 0 aliphatic carbocycles. The lowest BCUT2D eigenvalue weighted by atomic mass is 10.2. The van der Waals surface area contributed by atoms with E-state index >= 15 is 0 Å². The number of Topliss-reactive ketones (excluding diaryl/α,β-unsaturated/α-hetero) is 1. The van der Waals surface area contributed by atoms with Crippen LogP contribution in [0.3, 0.4) is 0 Å². The Balaban J connectivity index is 2.73. The van der Waals surface area contributed by atoms with Crippen LogP contribution in [0.15, 0.2) is 18.2 Å². The molecule has 1 aromatic heterocycles. The van der Waals surface area contributed by atoms with Crippen molar-refractivity contribution in [3.8, 4) is 0 Å². The van der Waals surface area contributed by atoms with Crippen LogP contribution in [0.4, 0.5) is 0 Å². The van der Waals surface area contributed by atoms with E-state index in [0.29, 0.717) is 12.1 Å². The van der Waals surface area contributed by atoms with Crippen LogP contribution in [0, 0.1) is 0 Å². The topological polar surface area (TPSA) is 42.0 Å². The largest absolute Gasteiger partial charge is 0.311 e. The number of carbonyl (C=O) groups is 1. The Morgan fingerprint density at radius 1 is 1.43 bits per heavy atom. The smallest absolute Gasteiger partial charge is 0.180 e. The van der Waals surface area contributed by atoms with Crippen LogP contribution in [-0.4, -0.2) is 17.3 Å². The first-order valence-electron chi connectivity index (χ1n) is 4.97. The summed E-state index contributed by atoms with van der Waals surface area (Å²) in [4.78, 5) is 15.6. The van der Waals surface area contributed by atoms with Crippen molar-refractivity contribution in [3.63, 3.8) is 0 Å². The maximum atomic E-state index is 11.4. The van der Waals surface area contributed by atoms with Gasteiger partial charge in [-0.15, -0.1) is 0 Å². The lowest BCUT2D eigenvalue weighted by Crippen LogP contribution is -2.14. The summed E-state index contributed by atoms with van der Waals surface area (Å²) in [6.45, 7) is 5.52. The van der Waals surface area contributed by atoms with E-state index in [0.717, 1.165) is 18.8 Å². The Bertz CT molecular complexity index is 310. The van der Waals surface area contributed by atoms with E-state index in [1.54, 1.807) is 6.07 Å². The highest BCUT2D eigenvalue weighted by atomic mass is 16.1. The molecule has 0 unspecified atom stereocenters. The van der Waals surface area contributed by atoms with E-state index < -0.39 is 0 Å². The van der Waals surface area contributed by atoms with E-state index in [1.165, 1.54) is 0 Å². The molecule has 1 rings (SSSR count). The molecule has 0 saturated carbocycles. The molecular weight excluding hydrogens is 176 g/mol. The Hall–Kier alpha value is -1.22. The summed E-state index contributed by atoms with van der Waals surface area (Å²) in [5.41, 5.74) is 1.49. The second-order valence-corrected chi connectivity index (χ2v) is 3.07. The molecule has 3 heteroatoms. The van der Waals surface area contributed by atoms with Gasteiger partial charge in [-0.2, -0.15) is 0 Å². The van der Waals surface area contributed by atoms with Crippen LogP contribution in [-0.2, 0) is 6.54 Å². The van der Waals surface area contributed by atoms with Crippen LogP contribution in [0.5, 0.6) is 0 Å². The highest BCUT2D eigenvalue weighted by Crippen LogP contribution is 2.02. The van der Waals surface area contributed by atoms with Gasteiger partial charge in [-0.1, -0.05) is 19.9 Å². The average molecular weight is 192 g/mol. The molecule has 0 saturated heterocycles.